The Bertz CT molecular complexity index is 478. The maximum Gasteiger partial charge on any atom is 0.328 e. The Morgan fingerprint density at radius 2 is 2.22 bits per heavy atom. The highest BCUT2D eigenvalue weighted by Crippen LogP contribution is 2.32. The third-order valence-corrected chi connectivity index (χ3v) is 2.41. The lowest BCUT2D eigenvalue weighted by atomic mass is 10.2. The molecule has 0 spiro atoms. The Hall–Kier alpha value is -2.01. The maximum absolute atomic E-state index is 10.4. The molecule has 0 aromatic heterocycles. The molecule has 0 aliphatic carbocycles. The van der Waals surface area contributed by atoms with Gasteiger partial charge in [-0.05, 0) is 30.2 Å². The van der Waals surface area contributed by atoms with E-state index in [4.69, 9.17) is 19.3 Å². The molecule has 1 aromatic rings. The fourth-order valence-corrected chi connectivity index (χ4v) is 1.61. The van der Waals surface area contributed by atoms with E-state index in [9.17, 15) is 4.79 Å². The molecule has 1 heterocycles. The number of rotatable bonds is 5. The Morgan fingerprint density at radius 3 is 3.00 bits per heavy atom. The first kappa shape index (κ1) is 12.4. The average molecular weight is 250 g/mol. The Balaban J connectivity index is 1.86. The Labute approximate surface area is 105 Å². The van der Waals surface area contributed by atoms with Gasteiger partial charge in [-0.3, -0.25) is 0 Å². The molecular formula is C13H14O5. The van der Waals surface area contributed by atoms with Crippen LogP contribution in [0.25, 0.3) is 0 Å². The molecule has 96 valence electrons. The molecular weight excluding hydrogens is 236 g/mol. The average Bonchev–Trinajstić information content (AvgIpc) is 2.75. The van der Waals surface area contributed by atoms with Crippen LogP contribution in [-0.2, 0) is 16.1 Å². The molecule has 2 rings (SSSR count). The van der Waals surface area contributed by atoms with Crippen molar-refractivity contribution >= 4 is 5.97 Å². The van der Waals surface area contributed by atoms with Crippen molar-refractivity contribution in [3.05, 3.63) is 35.4 Å². The predicted molar refractivity (Wildman–Crippen MR) is 63.6 cm³/mol. The molecule has 0 radical (unpaired) electrons. The van der Waals surface area contributed by atoms with E-state index >= 15 is 0 Å². The number of hydrogen-bond acceptors (Lipinski definition) is 4. The lowest BCUT2D eigenvalue weighted by Gasteiger charge is -2.05. The molecule has 0 saturated heterocycles. The van der Waals surface area contributed by atoms with Gasteiger partial charge < -0.3 is 19.3 Å². The highest BCUT2D eigenvalue weighted by molar-refractivity contribution is 5.80. The molecule has 1 N–H and O–H groups in total. The summed E-state index contributed by atoms with van der Waals surface area (Å²) in [6.07, 6.45) is 1.14. The third-order valence-electron chi connectivity index (χ3n) is 2.41. The summed E-state index contributed by atoms with van der Waals surface area (Å²) in [5, 5.41) is 8.54. The number of carboxylic acid groups (broad SMARTS) is 1. The van der Waals surface area contributed by atoms with Gasteiger partial charge in [0.1, 0.15) is 0 Å². The van der Waals surface area contributed by atoms with Gasteiger partial charge in [-0.15, -0.1) is 0 Å². The monoisotopic (exact) mass is 250 g/mol. The fraction of sp³-hybridized carbons (Fsp3) is 0.308. The normalized spacial score (nSPS) is 13.7. The van der Waals surface area contributed by atoms with Crippen LogP contribution in [-0.4, -0.2) is 24.5 Å². The zero-order valence-corrected chi connectivity index (χ0v) is 10.0. The van der Waals surface area contributed by atoms with Gasteiger partial charge in [-0.1, -0.05) is 6.07 Å². The maximum atomic E-state index is 10.4. The standard InChI is InChI=1S/C13H14O5/c1-9(4-13(14)15)6-16-7-10-2-3-11-12(5-10)18-8-17-11/h2-5H,6-8H2,1H3,(H,14,15). The van der Waals surface area contributed by atoms with Gasteiger partial charge in [-0.25, -0.2) is 4.79 Å². The van der Waals surface area contributed by atoms with E-state index in [0.29, 0.717) is 24.5 Å². The minimum absolute atomic E-state index is 0.250. The van der Waals surface area contributed by atoms with E-state index < -0.39 is 5.97 Å². The van der Waals surface area contributed by atoms with Crippen LogP contribution in [0.4, 0.5) is 0 Å². The van der Waals surface area contributed by atoms with Crippen molar-refractivity contribution in [2.75, 3.05) is 13.4 Å². The first-order valence-corrected chi connectivity index (χ1v) is 5.51. The van der Waals surface area contributed by atoms with E-state index in [2.05, 4.69) is 0 Å². The van der Waals surface area contributed by atoms with Crippen molar-refractivity contribution in [3.63, 3.8) is 0 Å². The molecule has 0 bridgehead atoms. The smallest absolute Gasteiger partial charge is 0.328 e. The topological polar surface area (TPSA) is 65.0 Å². The van der Waals surface area contributed by atoms with Crippen molar-refractivity contribution in [1.82, 2.24) is 0 Å². The zero-order valence-electron chi connectivity index (χ0n) is 10.0. The molecule has 18 heavy (non-hydrogen) atoms. The van der Waals surface area contributed by atoms with E-state index in [1.165, 1.54) is 0 Å². The van der Waals surface area contributed by atoms with Crippen LogP contribution in [0.1, 0.15) is 12.5 Å². The molecule has 0 fully saturated rings. The van der Waals surface area contributed by atoms with E-state index in [1.54, 1.807) is 6.92 Å². The van der Waals surface area contributed by atoms with Gasteiger partial charge in [0, 0.05) is 6.08 Å². The van der Waals surface area contributed by atoms with E-state index in [0.717, 1.165) is 17.4 Å². The number of carboxylic acids is 1. The van der Waals surface area contributed by atoms with Crippen LogP contribution < -0.4 is 9.47 Å². The van der Waals surface area contributed by atoms with Gasteiger partial charge >= 0.3 is 5.97 Å². The predicted octanol–water partition coefficient (Wildman–Crippen LogP) is 1.96. The lowest BCUT2D eigenvalue weighted by molar-refractivity contribution is -0.131. The van der Waals surface area contributed by atoms with Crippen molar-refractivity contribution in [1.29, 1.82) is 0 Å². The summed E-state index contributed by atoms with van der Waals surface area (Å²) in [7, 11) is 0. The molecule has 5 heteroatoms. The highest BCUT2D eigenvalue weighted by atomic mass is 16.7. The molecule has 5 nitrogen and oxygen atoms in total. The van der Waals surface area contributed by atoms with Crippen molar-refractivity contribution in [2.45, 2.75) is 13.5 Å². The van der Waals surface area contributed by atoms with Crippen LogP contribution in [0.5, 0.6) is 11.5 Å². The van der Waals surface area contributed by atoms with Gasteiger partial charge in [-0.2, -0.15) is 0 Å². The second-order valence-corrected chi connectivity index (χ2v) is 4.01. The first-order valence-electron chi connectivity index (χ1n) is 5.51. The van der Waals surface area contributed by atoms with Crippen LogP contribution in [0.15, 0.2) is 29.8 Å². The second-order valence-electron chi connectivity index (χ2n) is 4.01. The molecule has 0 unspecified atom stereocenters. The van der Waals surface area contributed by atoms with Crippen molar-refractivity contribution in [3.8, 4) is 11.5 Å². The molecule has 1 aliphatic heterocycles. The Morgan fingerprint density at radius 1 is 1.44 bits per heavy atom. The van der Waals surface area contributed by atoms with E-state index in [1.807, 2.05) is 18.2 Å². The highest BCUT2D eigenvalue weighted by Gasteiger charge is 2.12. The molecule has 0 atom stereocenters. The number of hydrogen-bond donors (Lipinski definition) is 1. The third kappa shape index (κ3) is 3.24. The number of fused-ring (bicyclic) bond motifs is 1. The molecule has 1 aliphatic rings. The van der Waals surface area contributed by atoms with Gasteiger partial charge in [0.25, 0.3) is 0 Å². The quantitative estimate of drug-likeness (QED) is 0.809. The zero-order chi connectivity index (χ0) is 13.0. The lowest BCUT2D eigenvalue weighted by Crippen LogP contribution is -1.99. The summed E-state index contributed by atoms with van der Waals surface area (Å²) in [4.78, 5) is 10.4. The van der Waals surface area contributed by atoms with Crippen LogP contribution >= 0.6 is 0 Å². The second kappa shape index (κ2) is 5.55. The summed E-state index contributed by atoms with van der Waals surface area (Å²) in [5.41, 5.74) is 1.63. The number of ether oxygens (including phenoxy) is 3. The van der Waals surface area contributed by atoms with Gasteiger partial charge in [0.2, 0.25) is 6.79 Å². The summed E-state index contributed by atoms with van der Waals surface area (Å²) in [5.74, 6) is 0.494. The van der Waals surface area contributed by atoms with Crippen LogP contribution in [0, 0.1) is 0 Å². The van der Waals surface area contributed by atoms with Crippen molar-refractivity contribution < 1.29 is 24.1 Å². The van der Waals surface area contributed by atoms with Gasteiger partial charge in [0.05, 0.1) is 13.2 Å². The summed E-state index contributed by atoms with van der Waals surface area (Å²) in [6.45, 7) is 2.66. The number of carbonyl (C=O) groups is 1. The SMILES string of the molecule is CC(=CC(=O)O)COCc1ccc2c(c1)OCO2. The Kier molecular flexibility index (Phi) is 3.84. The molecule has 1 aromatic carbocycles. The minimum atomic E-state index is -0.959. The molecule has 0 amide bonds. The summed E-state index contributed by atoms with van der Waals surface area (Å²) >= 11 is 0. The summed E-state index contributed by atoms with van der Waals surface area (Å²) in [6, 6.07) is 5.59. The number of aliphatic carboxylic acids is 1. The fourth-order valence-electron chi connectivity index (χ4n) is 1.61. The minimum Gasteiger partial charge on any atom is -0.478 e. The summed E-state index contributed by atoms with van der Waals surface area (Å²) < 4.78 is 15.9. The largest absolute Gasteiger partial charge is 0.478 e. The van der Waals surface area contributed by atoms with Gasteiger partial charge in [0.15, 0.2) is 11.5 Å². The van der Waals surface area contributed by atoms with Crippen LogP contribution in [0.2, 0.25) is 0 Å². The van der Waals surface area contributed by atoms with Crippen LogP contribution in [0.3, 0.4) is 0 Å². The molecule has 0 saturated carbocycles. The van der Waals surface area contributed by atoms with E-state index in [-0.39, 0.29) is 6.79 Å². The first-order chi connectivity index (χ1) is 8.65. The van der Waals surface area contributed by atoms with Crippen molar-refractivity contribution in [2.24, 2.45) is 0 Å². The number of benzene rings is 1.